The smallest absolute Gasteiger partial charge is 0.294 e. The van der Waals surface area contributed by atoms with Crippen molar-refractivity contribution >= 4 is 40.6 Å². The first-order chi connectivity index (χ1) is 18.4. The molecule has 0 radical (unpaired) electrons. The fourth-order valence-corrected chi connectivity index (χ4v) is 4.79. The molecule has 3 aromatic carbocycles. The molecule has 3 amide bonds. The molecule has 0 bridgehead atoms. The molecule has 1 heterocycles. The van der Waals surface area contributed by atoms with E-state index >= 15 is 0 Å². The van der Waals surface area contributed by atoms with E-state index < -0.39 is 17.1 Å². The van der Waals surface area contributed by atoms with Crippen molar-refractivity contribution in [3.8, 4) is 11.5 Å². The number of nitrogens with zero attached hydrogens (tertiary/aromatic N) is 1. The van der Waals surface area contributed by atoms with Gasteiger partial charge in [-0.3, -0.25) is 19.3 Å². The normalized spacial score (nSPS) is 14.1. The summed E-state index contributed by atoms with van der Waals surface area (Å²) in [4.78, 5) is 39.4. The maximum atomic E-state index is 13.0. The van der Waals surface area contributed by atoms with Gasteiger partial charge in [-0.1, -0.05) is 54.6 Å². The molecule has 194 valence electrons. The molecule has 1 fully saturated rings. The van der Waals surface area contributed by atoms with Gasteiger partial charge < -0.3 is 14.8 Å². The first-order valence-corrected chi connectivity index (χ1v) is 12.8. The Bertz CT molecular complexity index is 1400. The van der Waals surface area contributed by atoms with E-state index in [0.717, 1.165) is 33.4 Å². The van der Waals surface area contributed by atoms with Gasteiger partial charge in [-0.2, -0.15) is 0 Å². The number of rotatable bonds is 10. The van der Waals surface area contributed by atoms with Gasteiger partial charge in [0.2, 0.25) is 5.91 Å². The van der Waals surface area contributed by atoms with E-state index in [1.165, 1.54) is 0 Å². The summed E-state index contributed by atoms with van der Waals surface area (Å²) in [7, 11) is 1.55. The van der Waals surface area contributed by atoms with Crippen LogP contribution >= 0.6 is 11.8 Å². The van der Waals surface area contributed by atoms with E-state index in [1.54, 1.807) is 37.5 Å². The van der Waals surface area contributed by atoms with Gasteiger partial charge >= 0.3 is 0 Å². The molecule has 1 N–H and O–H groups in total. The molecule has 0 unspecified atom stereocenters. The second kappa shape index (κ2) is 12.3. The number of amides is 3. The summed E-state index contributed by atoms with van der Waals surface area (Å²) < 4.78 is 11.7. The molecule has 0 aromatic heterocycles. The molecule has 7 nitrogen and oxygen atoms in total. The number of hydrogen-bond acceptors (Lipinski definition) is 6. The molecule has 3 aromatic rings. The minimum absolute atomic E-state index is 0.225. The minimum atomic E-state index is -0.520. The number of para-hydroxylation sites is 1. The number of hydrogen-bond donors (Lipinski definition) is 1. The van der Waals surface area contributed by atoms with Gasteiger partial charge in [0.15, 0.2) is 11.5 Å². The van der Waals surface area contributed by atoms with Crippen molar-refractivity contribution in [2.45, 2.75) is 20.0 Å². The fourth-order valence-electron chi connectivity index (χ4n) is 3.95. The van der Waals surface area contributed by atoms with Crippen LogP contribution in [0.2, 0.25) is 0 Å². The lowest BCUT2D eigenvalue weighted by atomic mass is 10.0. The van der Waals surface area contributed by atoms with Crippen LogP contribution in [0.15, 0.2) is 84.3 Å². The Morgan fingerprint density at radius 2 is 1.82 bits per heavy atom. The van der Waals surface area contributed by atoms with Crippen LogP contribution in [0.1, 0.15) is 22.3 Å². The van der Waals surface area contributed by atoms with Crippen LogP contribution < -0.4 is 14.8 Å². The summed E-state index contributed by atoms with van der Waals surface area (Å²) in [5.74, 6) is 0.129. The number of carbonyl (C=O) groups is 3. The van der Waals surface area contributed by atoms with Crippen LogP contribution in [0.3, 0.4) is 0 Å². The Morgan fingerprint density at radius 1 is 1.08 bits per heavy atom. The molecule has 8 heteroatoms. The van der Waals surface area contributed by atoms with Gasteiger partial charge in [-0.05, 0) is 66.1 Å². The summed E-state index contributed by atoms with van der Waals surface area (Å²) in [5.41, 5.74) is 4.04. The third kappa shape index (κ3) is 6.33. The van der Waals surface area contributed by atoms with Crippen LogP contribution in [0.5, 0.6) is 11.5 Å². The summed E-state index contributed by atoms with van der Waals surface area (Å²) in [5, 5.41) is 2.26. The average Bonchev–Trinajstić information content (AvgIpc) is 3.17. The molecule has 1 aliphatic rings. The average molecular weight is 529 g/mol. The molecule has 1 saturated heterocycles. The number of methoxy groups -OCH3 is 1. The Labute approximate surface area is 226 Å². The van der Waals surface area contributed by atoms with Crippen molar-refractivity contribution in [1.82, 2.24) is 4.90 Å². The van der Waals surface area contributed by atoms with E-state index in [4.69, 9.17) is 9.47 Å². The molecule has 4 rings (SSSR count). The maximum Gasteiger partial charge on any atom is 0.294 e. The van der Waals surface area contributed by atoms with Crippen LogP contribution in [0.4, 0.5) is 10.5 Å². The van der Waals surface area contributed by atoms with E-state index in [9.17, 15) is 14.4 Å². The number of benzene rings is 3. The van der Waals surface area contributed by atoms with Crippen molar-refractivity contribution < 1.29 is 23.9 Å². The van der Waals surface area contributed by atoms with Gasteiger partial charge in [0.1, 0.15) is 13.2 Å². The highest BCUT2D eigenvalue weighted by Gasteiger charge is 2.36. The monoisotopic (exact) mass is 528 g/mol. The lowest BCUT2D eigenvalue weighted by molar-refractivity contribution is -0.127. The predicted molar refractivity (Wildman–Crippen MR) is 150 cm³/mol. The Balaban J connectivity index is 1.53. The zero-order chi connectivity index (χ0) is 27.1. The van der Waals surface area contributed by atoms with Crippen LogP contribution in [-0.2, 0) is 22.6 Å². The van der Waals surface area contributed by atoms with E-state index in [0.29, 0.717) is 35.8 Å². The summed E-state index contributed by atoms with van der Waals surface area (Å²) in [6, 6.07) is 20.7. The third-order valence-electron chi connectivity index (χ3n) is 5.86. The van der Waals surface area contributed by atoms with Crippen molar-refractivity contribution in [3.63, 3.8) is 0 Å². The largest absolute Gasteiger partial charge is 0.493 e. The van der Waals surface area contributed by atoms with Crippen LogP contribution in [0.25, 0.3) is 6.08 Å². The van der Waals surface area contributed by atoms with Gasteiger partial charge in [0.05, 0.1) is 12.0 Å². The topological polar surface area (TPSA) is 84.9 Å². The number of imide groups is 1. The number of ether oxygens (including phenoxy) is 2. The molecular formula is C30H28N2O5S. The SMILES string of the molecule is C=CCc1cc(/C=C2\SC(=O)N(CC(=O)Nc3ccccc3C)C2=O)cc(OC)c1OCc1ccccc1. The Hall–Kier alpha value is -4.30. The first-order valence-electron chi connectivity index (χ1n) is 12.0. The third-order valence-corrected chi connectivity index (χ3v) is 6.76. The van der Waals surface area contributed by atoms with Crippen molar-refractivity contribution in [2.24, 2.45) is 0 Å². The molecular weight excluding hydrogens is 500 g/mol. The fraction of sp³-hybridized carbons (Fsp3) is 0.167. The highest BCUT2D eigenvalue weighted by Crippen LogP contribution is 2.37. The predicted octanol–water partition coefficient (Wildman–Crippen LogP) is 5.99. The number of carbonyl (C=O) groups excluding carboxylic acids is 3. The van der Waals surface area contributed by atoms with E-state index in [1.807, 2.05) is 55.5 Å². The van der Waals surface area contributed by atoms with Crippen LogP contribution in [-0.4, -0.2) is 35.6 Å². The number of aryl methyl sites for hydroxylation is 1. The number of nitrogens with one attached hydrogen (secondary N) is 1. The first kappa shape index (κ1) is 26.8. The summed E-state index contributed by atoms with van der Waals surface area (Å²) >= 11 is 0.799. The second-order valence-electron chi connectivity index (χ2n) is 8.61. The van der Waals surface area contributed by atoms with Gasteiger partial charge in [-0.25, -0.2) is 0 Å². The molecule has 1 aliphatic heterocycles. The van der Waals surface area contributed by atoms with Gasteiger partial charge in [-0.15, -0.1) is 6.58 Å². The van der Waals surface area contributed by atoms with Crippen molar-refractivity contribution in [1.29, 1.82) is 0 Å². The maximum absolute atomic E-state index is 13.0. The van der Waals surface area contributed by atoms with Gasteiger partial charge in [0.25, 0.3) is 11.1 Å². The van der Waals surface area contributed by atoms with Crippen molar-refractivity contribution in [3.05, 3.63) is 107 Å². The lowest BCUT2D eigenvalue weighted by Gasteiger charge is -2.16. The quantitative estimate of drug-likeness (QED) is 0.257. The van der Waals surface area contributed by atoms with Gasteiger partial charge in [0, 0.05) is 11.3 Å². The highest BCUT2D eigenvalue weighted by atomic mass is 32.2. The Morgan fingerprint density at radius 3 is 2.53 bits per heavy atom. The summed E-state index contributed by atoms with van der Waals surface area (Å²) in [6.45, 7) is 5.70. The highest BCUT2D eigenvalue weighted by molar-refractivity contribution is 8.18. The summed E-state index contributed by atoms with van der Waals surface area (Å²) in [6.07, 6.45) is 3.90. The Kier molecular flexibility index (Phi) is 8.66. The molecule has 0 saturated carbocycles. The molecule has 0 atom stereocenters. The minimum Gasteiger partial charge on any atom is -0.493 e. The zero-order valence-electron chi connectivity index (χ0n) is 21.2. The molecule has 0 aliphatic carbocycles. The number of anilines is 1. The lowest BCUT2D eigenvalue weighted by Crippen LogP contribution is -2.36. The zero-order valence-corrected chi connectivity index (χ0v) is 22.0. The number of allylic oxidation sites excluding steroid dienone is 1. The van der Waals surface area contributed by atoms with Crippen molar-refractivity contribution in [2.75, 3.05) is 19.0 Å². The standard InChI is InChI=1S/C30H28N2O5S/c1-4-10-23-15-22(16-25(36-3)28(23)37-19-21-12-6-5-7-13-21)17-26-29(34)32(30(35)38-26)18-27(33)31-24-14-9-8-11-20(24)2/h4-9,11-17H,1,10,18-19H2,2-3H3,(H,31,33)/b26-17-. The second-order valence-corrected chi connectivity index (χ2v) is 9.60. The van der Waals surface area contributed by atoms with Crippen LogP contribution in [0, 0.1) is 6.92 Å². The molecule has 0 spiro atoms. The number of thioether (sulfide) groups is 1. The molecule has 38 heavy (non-hydrogen) atoms. The van der Waals surface area contributed by atoms with E-state index in [-0.39, 0.29) is 11.4 Å². The van der Waals surface area contributed by atoms with E-state index in [2.05, 4.69) is 11.9 Å².